The fourth-order valence-corrected chi connectivity index (χ4v) is 2.54. The van der Waals surface area contributed by atoms with Crippen LogP contribution in [0.1, 0.15) is 16.7 Å². The first kappa shape index (κ1) is 13.1. The van der Waals surface area contributed by atoms with E-state index in [0.717, 1.165) is 16.8 Å². The third kappa shape index (κ3) is 3.10. The Morgan fingerprint density at radius 2 is 2.00 bits per heavy atom. The van der Waals surface area contributed by atoms with E-state index in [1.807, 2.05) is 6.20 Å². The minimum absolute atomic E-state index is 0.872. The summed E-state index contributed by atoms with van der Waals surface area (Å²) in [5.74, 6) is 1.03. The Hall–Kier alpha value is -1.35. The lowest BCUT2D eigenvalue weighted by Gasteiger charge is -2.20. The highest BCUT2D eigenvalue weighted by Gasteiger charge is 2.07. The zero-order valence-corrected chi connectivity index (χ0v) is 12.5. The van der Waals surface area contributed by atoms with Crippen molar-refractivity contribution in [2.24, 2.45) is 0 Å². The summed E-state index contributed by atoms with van der Waals surface area (Å²) in [5.41, 5.74) is 3.78. The molecule has 1 aromatic carbocycles. The molecule has 0 atom stereocenters. The van der Waals surface area contributed by atoms with Gasteiger partial charge in [0.25, 0.3) is 0 Å². The fourth-order valence-electron chi connectivity index (χ4n) is 2.09. The molecule has 0 aliphatic rings. The van der Waals surface area contributed by atoms with Gasteiger partial charge in [-0.3, -0.25) is 0 Å². The molecule has 0 saturated heterocycles. The number of halogens is 1. The van der Waals surface area contributed by atoms with Gasteiger partial charge in [0, 0.05) is 24.3 Å². The van der Waals surface area contributed by atoms with Crippen molar-refractivity contribution in [3.8, 4) is 0 Å². The number of aromatic nitrogens is 1. The van der Waals surface area contributed by atoms with Crippen LogP contribution in [0.25, 0.3) is 0 Å². The molecule has 18 heavy (non-hydrogen) atoms. The molecular formula is C15H17BrN2. The van der Waals surface area contributed by atoms with Crippen molar-refractivity contribution in [1.82, 2.24) is 4.98 Å². The first-order chi connectivity index (χ1) is 8.56. The molecule has 1 aromatic heterocycles. The standard InChI is InChI=1S/C15H17BrN2/c1-11-5-4-6-13(7-11)10-18(3)15-12(2)8-14(16)9-17-15/h4-9H,10H2,1-3H3. The smallest absolute Gasteiger partial charge is 0.131 e. The molecule has 2 nitrogen and oxygen atoms in total. The molecule has 94 valence electrons. The number of nitrogens with zero attached hydrogens (tertiary/aromatic N) is 2. The van der Waals surface area contributed by atoms with E-state index in [-0.39, 0.29) is 0 Å². The molecule has 3 heteroatoms. The van der Waals surface area contributed by atoms with E-state index >= 15 is 0 Å². The molecule has 0 unspecified atom stereocenters. The van der Waals surface area contributed by atoms with Crippen molar-refractivity contribution in [2.45, 2.75) is 20.4 Å². The minimum Gasteiger partial charge on any atom is -0.355 e. The van der Waals surface area contributed by atoms with Gasteiger partial charge in [-0.2, -0.15) is 0 Å². The number of benzene rings is 1. The van der Waals surface area contributed by atoms with Crippen molar-refractivity contribution in [2.75, 3.05) is 11.9 Å². The lowest BCUT2D eigenvalue weighted by Crippen LogP contribution is -2.18. The van der Waals surface area contributed by atoms with Crippen LogP contribution >= 0.6 is 15.9 Å². The lowest BCUT2D eigenvalue weighted by molar-refractivity contribution is 0.888. The molecule has 0 aliphatic heterocycles. The van der Waals surface area contributed by atoms with Crippen molar-refractivity contribution >= 4 is 21.7 Å². The topological polar surface area (TPSA) is 16.1 Å². The van der Waals surface area contributed by atoms with E-state index in [1.54, 1.807) is 0 Å². The predicted octanol–water partition coefficient (Wildman–Crippen LogP) is 4.10. The molecule has 1 heterocycles. The van der Waals surface area contributed by atoms with Gasteiger partial charge >= 0.3 is 0 Å². The van der Waals surface area contributed by atoms with E-state index in [0.29, 0.717) is 0 Å². The number of pyridine rings is 1. The number of hydrogen-bond donors (Lipinski definition) is 0. The maximum absolute atomic E-state index is 4.48. The summed E-state index contributed by atoms with van der Waals surface area (Å²) in [7, 11) is 2.07. The highest BCUT2D eigenvalue weighted by molar-refractivity contribution is 9.10. The Labute approximate surface area is 117 Å². The highest BCUT2D eigenvalue weighted by atomic mass is 79.9. The lowest BCUT2D eigenvalue weighted by atomic mass is 10.1. The molecule has 0 aliphatic carbocycles. The maximum atomic E-state index is 4.48. The normalized spacial score (nSPS) is 10.4. The van der Waals surface area contributed by atoms with Gasteiger partial charge < -0.3 is 4.90 Å². The van der Waals surface area contributed by atoms with Crippen LogP contribution in [0.5, 0.6) is 0 Å². The second-order valence-electron chi connectivity index (χ2n) is 4.64. The molecule has 0 N–H and O–H groups in total. The second kappa shape index (κ2) is 5.53. The Morgan fingerprint density at radius 1 is 1.22 bits per heavy atom. The summed E-state index contributed by atoms with van der Waals surface area (Å²) < 4.78 is 1.02. The van der Waals surface area contributed by atoms with Crippen LogP contribution in [-0.2, 0) is 6.54 Å². The Morgan fingerprint density at radius 3 is 2.67 bits per heavy atom. The monoisotopic (exact) mass is 304 g/mol. The number of rotatable bonds is 3. The molecule has 0 bridgehead atoms. The van der Waals surface area contributed by atoms with Gasteiger partial charge in [0.1, 0.15) is 5.82 Å². The molecule has 0 spiro atoms. The molecular weight excluding hydrogens is 288 g/mol. The third-order valence-electron chi connectivity index (χ3n) is 2.88. The van der Waals surface area contributed by atoms with E-state index in [2.05, 4.69) is 77.0 Å². The summed E-state index contributed by atoms with van der Waals surface area (Å²) in [6.45, 7) is 5.07. The second-order valence-corrected chi connectivity index (χ2v) is 5.55. The Bertz CT molecular complexity index is 552. The summed E-state index contributed by atoms with van der Waals surface area (Å²) >= 11 is 3.44. The van der Waals surface area contributed by atoms with Crippen LogP contribution < -0.4 is 4.90 Å². The number of aryl methyl sites for hydroxylation is 2. The average Bonchev–Trinajstić information content (AvgIpc) is 2.28. The highest BCUT2D eigenvalue weighted by Crippen LogP contribution is 2.21. The number of anilines is 1. The molecule has 0 radical (unpaired) electrons. The van der Waals surface area contributed by atoms with Crippen molar-refractivity contribution in [3.05, 3.63) is 57.7 Å². The van der Waals surface area contributed by atoms with Crippen LogP contribution in [0, 0.1) is 13.8 Å². The SMILES string of the molecule is Cc1cccc(CN(C)c2ncc(Br)cc2C)c1. The summed E-state index contributed by atoms with van der Waals surface area (Å²) in [6, 6.07) is 10.7. The van der Waals surface area contributed by atoms with Crippen molar-refractivity contribution < 1.29 is 0 Å². The van der Waals surface area contributed by atoms with Gasteiger partial charge in [-0.1, -0.05) is 29.8 Å². The molecule has 2 rings (SSSR count). The summed E-state index contributed by atoms with van der Waals surface area (Å²) in [6.07, 6.45) is 1.84. The quantitative estimate of drug-likeness (QED) is 0.849. The van der Waals surface area contributed by atoms with E-state index in [1.165, 1.54) is 16.7 Å². The predicted molar refractivity (Wildman–Crippen MR) is 80.0 cm³/mol. The fraction of sp³-hybridized carbons (Fsp3) is 0.267. The van der Waals surface area contributed by atoms with Crippen molar-refractivity contribution in [1.29, 1.82) is 0 Å². The van der Waals surface area contributed by atoms with Crippen LogP contribution in [0.3, 0.4) is 0 Å². The van der Waals surface area contributed by atoms with Crippen LogP contribution in [0.2, 0.25) is 0 Å². The zero-order chi connectivity index (χ0) is 13.1. The van der Waals surface area contributed by atoms with Gasteiger partial charge in [0.2, 0.25) is 0 Å². The van der Waals surface area contributed by atoms with Crippen LogP contribution in [0.4, 0.5) is 5.82 Å². The maximum Gasteiger partial charge on any atom is 0.131 e. The molecule has 0 fully saturated rings. The van der Waals surface area contributed by atoms with E-state index in [4.69, 9.17) is 0 Å². The molecule has 0 saturated carbocycles. The van der Waals surface area contributed by atoms with Crippen molar-refractivity contribution in [3.63, 3.8) is 0 Å². The van der Waals surface area contributed by atoms with Gasteiger partial charge in [-0.25, -0.2) is 4.98 Å². The summed E-state index contributed by atoms with van der Waals surface area (Å²) in [5, 5.41) is 0. The van der Waals surface area contributed by atoms with Gasteiger partial charge in [0.15, 0.2) is 0 Å². The molecule has 0 amide bonds. The Kier molecular flexibility index (Phi) is 4.02. The first-order valence-electron chi connectivity index (χ1n) is 5.95. The summed E-state index contributed by atoms with van der Waals surface area (Å²) in [4.78, 5) is 6.65. The van der Waals surface area contributed by atoms with E-state index < -0.39 is 0 Å². The van der Waals surface area contributed by atoms with Gasteiger partial charge in [0.05, 0.1) is 0 Å². The first-order valence-corrected chi connectivity index (χ1v) is 6.74. The van der Waals surface area contributed by atoms with Gasteiger partial charge in [-0.05, 0) is 47.0 Å². The zero-order valence-electron chi connectivity index (χ0n) is 10.9. The largest absolute Gasteiger partial charge is 0.355 e. The van der Waals surface area contributed by atoms with Crippen LogP contribution in [0.15, 0.2) is 41.0 Å². The van der Waals surface area contributed by atoms with Crippen LogP contribution in [-0.4, -0.2) is 12.0 Å². The third-order valence-corrected chi connectivity index (χ3v) is 3.31. The van der Waals surface area contributed by atoms with E-state index in [9.17, 15) is 0 Å². The average molecular weight is 305 g/mol. The molecule has 2 aromatic rings. The minimum atomic E-state index is 0.872. The van der Waals surface area contributed by atoms with Gasteiger partial charge in [-0.15, -0.1) is 0 Å². The Balaban J connectivity index is 2.19. The number of hydrogen-bond acceptors (Lipinski definition) is 2.